The Hall–Kier alpha value is -2.76. The molecular weight excluding hydrogens is 282 g/mol. The maximum Gasteiger partial charge on any atom is 0.286 e. The lowest BCUT2D eigenvalue weighted by molar-refractivity contribution is -0.123. The Morgan fingerprint density at radius 2 is 1.86 bits per heavy atom. The first kappa shape index (κ1) is 15.6. The van der Waals surface area contributed by atoms with Gasteiger partial charge in [0.15, 0.2) is 6.61 Å². The highest BCUT2D eigenvalue weighted by Crippen LogP contribution is 2.18. The number of hydrazine groups is 1. The molecule has 2 aromatic rings. The van der Waals surface area contributed by atoms with Crippen molar-refractivity contribution in [2.24, 2.45) is 0 Å². The predicted octanol–water partition coefficient (Wildman–Crippen LogP) is 1.98. The quantitative estimate of drug-likeness (QED) is 0.738. The average Bonchev–Trinajstić information content (AvgIpc) is 3.05. The van der Waals surface area contributed by atoms with Crippen LogP contribution in [0, 0.1) is 0 Å². The molecule has 0 aliphatic rings. The van der Waals surface area contributed by atoms with Crippen LogP contribution in [0.2, 0.25) is 0 Å². The molecule has 0 spiro atoms. The van der Waals surface area contributed by atoms with Crippen LogP contribution >= 0.6 is 0 Å². The van der Waals surface area contributed by atoms with E-state index in [1.54, 1.807) is 18.3 Å². The standard InChI is InChI=1S/C16H19N3O3/c1-11(2)12-5-7-13(8-6-12)22-10-15(20)18-19-16(21)14-4-3-9-17-14/h3-9,11,17H,10H2,1-2H3,(H,18,20)(H,19,21). The number of ether oxygens (including phenoxy) is 1. The second kappa shape index (κ2) is 7.31. The molecule has 2 rings (SSSR count). The van der Waals surface area contributed by atoms with Crippen LogP contribution in [0.15, 0.2) is 42.6 Å². The number of rotatable bonds is 5. The van der Waals surface area contributed by atoms with Gasteiger partial charge in [0.1, 0.15) is 11.4 Å². The van der Waals surface area contributed by atoms with Gasteiger partial charge >= 0.3 is 0 Å². The molecule has 0 radical (unpaired) electrons. The Labute approximate surface area is 128 Å². The fourth-order valence-electron chi connectivity index (χ4n) is 1.80. The summed E-state index contributed by atoms with van der Waals surface area (Å²) in [5.74, 6) is 0.197. The molecule has 6 nitrogen and oxygen atoms in total. The number of carbonyl (C=O) groups is 2. The van der Waals surface area contributed by atoms with Crippen LogP contribution in [-0.4, -0.2) is 23.4 Å². The van der Waals surface area contributed by atoms with Crippen LogP contribution in [0.1, 0.15) is 35.8 Å². The van der Waals surface area contributed by atoms with Crippen LogP contribution in [0.25, 0.3) is 0 Å². The lowest BCUT2D eigenvalue weighted by Gasteiger charge is -2.09. The van der Waals surface area contributed by atoms with Crippen molar-refractivity contribution in [3.8, 4) is 5.75 Å². The molecule has 0 fully saturated rings. The maximum absolute atomic E-state index is 11.6. The number of aromatic amines is 1. The number of nitrogens with one attached hydrogen (secondary N) is 3. The molecule has 6 heteroatoms. The van der Waals surface area contributed by atoms with Crippen molar-refractivity contribution in [3.63, 3.8) is 0 Å². The first-order valence-corrected chi connectivity index (χ1v) is 7.01. The minimum atomic E-state index is -0.437. The van der Waals surface area contributed by atoms with Gasteiger partial charge in [0, 0.05) is 6.20 Å². The number of aromatic nitrogens is 1. The minimum Gasteiger partial charge on any atom is -0.484 e. The van der Waals surface area contributed by atoms with Gasteiger partial charge in [0.25, 0.3) is 11.8 Å². The van der Waals surface area contributed by atoms with Crippen molar-refractivity contribution < 1.29 is 14.3 Å². The van der Waals surface area contributed by atoms with Crippen molar-refractivity contribution >= 4 is 11.8 Å². The van der Waals surface area contributed by atoms with E-state index in [-0.39, 0.29) is 6.61 Å². The van der Waals surface area contributed by atoms with E-state index < -0.39 is 11.8 Å². The molecule has 0 atom stereocenters. The number of carbonyl (C=O) groups excluding carboxylic acids is 2. The molecule has 3 N–H and O–H groups in total. The summed E-state index contributed by atoms with van der Waals surface area (Å²) in [5.41, 5.74) is 6.15. The van der Waals surface area contributed by atoms with Crippen LogP contribution in [0.3, 0.4) is 0 Å². The third kappa shape index (κ3) is 4.37. The molecule has 0 aliphatic carbocycles. The van der Waals surface area contributed by atoms with Crippen LogP contribution in [-0.2, 0) is 4.79 Å². The summed E-state index contributed by atoms with van der Waals surface area (Å²) < 4.78 is 5.35. The van der Waals surface area contributed by atoms with Gasteiger partial charge in [-0.3, -0.25) is 20.4 Å². The largest absolute Gasteiger partial charge is 0.484 e. The first-order valence-electron chi connectivity index (χ1n) is 7.01. The van der Waals surface area contributed by atoms with Gasteiger partial charge < -0.3 is 9.72 Å². The molecule has 2 amide bonds. The molecule has 1 heterocycles. The number of hydrogen-bond donors (Lipinski definition) is 3. The van der Waals surface area contributed by atoms with Gasteiger partial charge in [0.2, 0.25) is 0 Å². The smallest absolute Gasteiger partial charge is 0.286 e. The molecule has 0 aliphatic heterocycles. The Balaban J connectivity index is 1.74. The summed E-state index contributed by atoms with van der Waals surface area (Å²) in [6, 6.07) is 10.9. The fraction of sp³-hybridized carbons (Fsp3) is 0.250. The predicted molar refractivity (Wildman–Crippen MR) is 82.4 cm³/mol. The van der Waals surface area contributed by atoms with E-state index in [1.165, 1.54) is 5.56 Å². The van der Waals surface area contributed by atoms with Crippen molar-refractivity contribution in [2.45, 2.75) is 19.8 Å². The van der Waals surface area contributed by atoms with E-state index in [2.05, 4.69) is 29.7 Å². The highest BCUT2D eigenvalue weighted by Gasteiger charge is 2.08. The van der Waals surface area contributed by atoms with Crippen LogP contribution in [0.5, 0.6) is 5.75 Å². The van der Waals surface area contributed by atoms with Gasteiger partial charge in [0.05, 0.1) is 0 Å². The SMILES string of the molecule is CC(C)c1ccc(OCC(=O)NNC(=O)c2ccc[nH]2)cc1. The molecule has 0 saturated heterocycles. The van der Waals surface area contributed by atoms with Gasteiger partial charge in [-0.25, -0.2) is 0 Å². The van der Waals surface area contributed by atoms with Gasteiger partial charge in [-0.15, -0.1) is 0 Å². The van der Waals surface area contributed by atoms with Crippen LogP contribution < -0.4 is 15.6 Å². The zero-order valence-electron chi connectivity index (χ0n) is 12.6. The summed E-state index contributed by atoms with van der Waals surface area (Å²) in [5, 5.41) is 0. The summed E-state index contributed by atoms with van der Waals surface area (Å²) in [4.78, 5) is 25.9. The number of hydrogen-bond acceptors (Lipinski definition) is 3. The number of benzene rings is 1. The van der Waals surface area contributed by atoms with Gasteiger partial charge in [-0.1, -0.05) is 26.0 Å². The summed E-state index contributed by atoms with van der Waals surface area (Å²) >= 11 is 0. The van der Waals surface area contributed by atoms with Gasteiger partial charge in [-0.2, -0.15) is 0 Å². The van der Waals surface area contributed by atoms with Crippen LogP contribution in [0.4, 0.5) is 0 Å². The Bertz CT molecular complexity index is 619. The molecule has 0 unspecified atom stereocenters. The molecule has 0 saturated carbocycles. The van der Waals surface area contributed by atoms with E-state index in [0.29, 0.717) is 17.4 Å². The maximum atomic E-state index is 11.6. The number of amides is 2. The zero-order chi connectivity index (χ0) is 15.9. The Morgan fingerprint density at radius 1 is 1.14 bits per heavy atom. The van der Waals surface area contributed by atoms with Crippen molar-refractivity contribution in [2.75, 3.05) is 6.61 Å². The minimum absolute atomic E-state index is 0.175. The molecular formula is C16H19N3O3. The second-order valence-corrected chi connectivity index (χ2v) is 5.10. The number of H-pyrrole nitrogens is 1. The topological polar surface area (TPSA) is 83.2 Å². The molecule has 1 aromatic carbocycles. The third-order valence-corrected chi connectivity index (χ3v) is 3.07. The van der Waals surface area contributed by atoms with E-state index in [9.17, 15) is 9.59 Å². The molecule has 22 heavy (non-hydrogen) atoms. The van der Waals surface area contributed by atoms with E-state index in [1.807, 2.05) is 24.3 Å². The first-order chi connectivity index (χ1) is 10.6. The Morgan fingerprint density at radius 3 is 2.45 bits per heavy atom. The third-order valence-electron chi connectivity index (χ3n) is 3.07. The lowest BCUT2D eigenvalue weighted by atomic mass is 10.0. The second-order valence-electron chi connectivity index (χ2n) is 5.10. The molecule has 116 valence electrons. The monoisotopic (exact) mass is 301 g/mol. The summed E-state index contributed by atoms with van der Waals surface area (Å²) in [6.07, 6.45) is 1.63. The van der Waals surface area contributed by atoms with Gasteiger partial charge in [-0.05, 0) is 35.7 Å². The molecule has 1 aromatic heterocycles. The molecule has 0 bridgehead atoms. The normalized spacial score (nSPS) is 10.3. The highest BCUT2D eigenvalue weighted by atomic mass is 16.5. The van der Waals surface area contributed by atoms with Crippen molar-refractivity contribution in [1.29, 1.82) is 0 Å². The fourth-order valence-corrected chi connectivity index (χ4v) is 1.80. The zero-order valence-corrected chi connectivity index (χ0v) is 12.6. The van der Waals surface area contributed by atoms with Crippen molar-refractivity contribution in [3.05, 3.63) is 53.9 Å². The van der Waals surface area contributed by atoms with E-state index in [4.69, 9.17) is 4.74 Å². The van der Waals surface area contributed by atoms with E-state index in [0.717, 1.165) is 0 Å². The van der Waals surface area contributed by atoms with Crippen molar-refractivity contribution in [1.82, 2.24) is 15.8 Å². The van der Waals surface area contributed by atoms with E-state index >= 15 is 0 Å². The summed E-state index contributed by atoms with van der Waals surface area (Å²) in [6.45, 7) is 4.04. The Kier molecular flexibility index (Phi) is 5.19. The lowest BCUT2D eigenvalue weighted by Crippen LogP contribution is -2.43. The average molecular weight is 301 g/mol. The summed E-state index contributed by atoms with van der Waals surface area (Å²) in [7, 11) is 0. The highest BCUT2D eigenvalue weighted by molar-refractivity contribution is 5.93.